The normalized spacial score (nSPS) is 10.1. The van der Waals surface area contributed by atoms with E-state index in [0.717, 1.165) is 0 Å². The third-order valence-electron chi connectivity index (χ3n) is 1.64. The van der Waals surface area contributed by atoms with Crippen molar-refractivity contribution < 1.29 is 9.90 Å². The summed E-state index contributed by atoms with van der Waals surface area (Å²) in [5.74, 6) is -0.520. The predicted molar refractivity (Wildman–Crippen MR) is 47.0 cm³/mol. The standard InChI is InChI=1S/C7H12N4O2/c1-4-11-5(6(12)13)8-9-7(11)10(2)3/h4H2,1-3H3,(H,12,13). The van der Waals surface area contributed by atoms with Crippen LogP contribution in [-0.2, 0) is 6.54 Å². The lowest BCUT2D eigenvalue weighted by Crippen LogP contribution is -2.17. The van der Waals surface area contributed by atoms with Crippen LogP contribution in [0.5, 0.6) is 0 Å². The molecule has 0 saturated carbocycles. The highest BCUT2D eigenvalue weighted by atomic mass is 16.4. The van der Waals surface area contributed by atoms with Gasteiger partial charge in [0.1, 0.15) is 0 Å². The van der Waals surface area contributed by atoms with E-state index in [1.54, 1.807) is 23.6 Å². The molecule has 6 nitrogen and oxygen atoms in total. The zero-order valence-corrected chi connectivity index (χ0v) is 7.85. The highest BCUT2D eigenvalue weighted by Crippen LogP contribution is 2.09. The van der Waals surface area contributed by atoms with Crippen LogP contribution in [0.15, 0.2) is 0 Å². The van der Waals surface area contributed by atoms with Crippen molar-refractivity contribution in [1.29, 1.82) is 0 Å². The minimum Gasteiger partial charge on any atom is -0.475 e. The number of carboxylic acids is 1. The average Bonchev–Trinajstić information content (AvgIpc) is 2.46. The minimum absolute atomic E-state index is 0.0220. The molecule has 0 aliphatic rings. The summed E-state index contributed by atoms with van der Waals surface area (Å²) in [6.45, 7) is 2.39. The van der Waals surface area contributed by atoms with Crippen LogP contribution in [0.2, 0.25) is 0 Å². The lowest BCUT2D eigenvalue weighted by atomic mass is 10.5. The fourth-order valence-electron chi connectivity index (χ4n) is 1.08. The van der Waals surface area contributed by atoms with Gasteiger partial charge in [-0.15, -0.1) is 10.2 Å². The van der Waals surface area contributed by atoms with Gasteiger partial charge in [-0.2, -0.15) is 0 Å². The van der Waals surface area contributed by atoms with E-state index in [9.17, 15) is 4.79 Å². The Morgan fingerprint density at radius 1 is 1.54 bits per heavy atom. The quantitative estimate of drug-likeness (QED) is 0.719. The molecule has 0 fully saturated rings. The fourth-order valence-corrected chi connectivity index (χ4v) is 1.08. The van der Waals surface area contributed by atoms with E-state index in [4.69, 9.17) is 5.11 Å². The Hall–Kier alpha value is -1.59. The van der Waals surface area contributed by atoms with E-state index in [2.05, 4.69) is 10.2 Å². The van der Waals surface area contributed by atoms with E-state index in [1.807, 2.05) is 6.92 Å². The molecule has 0 aliphatic carbocycles. The van der Waals surface area contributed by atoms with Gasteiger partial charge in [0.15, 0.2) is 0 Å². The number of rotatable bonds is 3. The van der Waals surface area contributed by atoms with Gasteiger partial charge < -0.3 is 10.0 Å². The van der Waals surface area contributed by atoms with Crippen LogP contribution in [0.3, 0.4) is 0 Å². The Morgan fingerprint density at radius 2 is 2.15 bits per heavy atom. The highest BCUT2D eigenvalue weighted by molar-refractivity contribution is 5.83. The maximum atomic E-state index is 10.7. The summed E-state index contributed by atoms with van der Waals surface area (Å²) in [7, 11) is 3.59. The number of hydrogen-bond acceptors (Lipinski definition) is 4. The first-order chi connectivity index (χ1) is 6.07. The fraction of sp³-hybridized carbons (Fsp3) is 0.571. The van der Waals surface area contributed by atoms with Crippen molar-refractivity contribution in [2.45, 2.75) is 13.5 Å². The van der Waals surface area contributed by atoms with Crippen LogP contribution in [-0.4, -0.2) is 39.9 Å². The Morgan fingerprint density at radius 3 is 2.54 bits per heavy atom. The maximum Gasteiger partial charge on any atom is 0.374 e. The highest BCUT2D eigenvalue weighted by Gasteiger charge is 2.17. The Labute approximate surface area is 75.8 Å². The smallest absolute Gasteiger partial charge is 0.374 e. The average molecular weight is 184 g/mol. The van der Waals surface area contributed by atoms with Gasteiger partial charge in [0.25, 0.3) is 0 Å². The van der Waals surface area contributed by atoms with Gasteiger partial charge in [-0.25, -0.2) is 4.79 Å². The Kier molecular flexibility index (Phi) is 2.50. The van der Waals surface area contributed by atoms with Crippen LogP contribution < -0.4 is 4.90 Å². The molecule has 6 heteroatoms. The van der Waals surface area contributed by atoms with Gasteiger partial charge in [0, 0.05) is 20.6 Å². The molecule has 0 aromatic carbocycles. The van der Waals surface area contributed by atoms with Gasteiger partial charge in [0.2, 0.25) is 11.8 Å². The molecule has 1 N–H and O–H groups in total. The van der Waals surface area contributed by atoms with Crippen molar-refractivity contribution in [3.63, 3.8) is 0 Å². The van der Waals surface area contributed by atoms with Crippen molar-refractivity contribution >= 4 is 11.9 Å². The van der Waals surface area contributed by atoms with Gasteiger partial charge >= 0.3 is 5.97 Å². The zero-order valence-electron chi connectivity index (χ0n) is 7.85. The van der Waals surface area contributed by atoms with Crippen LogP contribution in [0, 0.1) is 0 Å². The maximum absolute atomic E-state index is 10.7. The van der Waals surface area contributed by atoms with E-state index < -0.39 is 5.97 Å². The number of anilines is 1. The van der Waals surface area contributed by atoms with E-state index in [0.29, 0.717) is 12.5 Å². The molecule has 72 valence electrons. The van der Waals surface area contributed by atoms with Crippen molar-refractivity contribution in [2.24, 2.45) is 0 Å². The summed E-state index contributed by atoms with van der Waals surface area (Å²) in [5, 5.41) is 16.1. The molecule has 1 rings (SSSR count). The second kappa shape index (κ2) is 3.42. The predicted octanol–water partition coefficient (Wildman–Crippen LogP) is 0.0622. The molecule has 0 bridgehead atoms. The minimum atomic E-state index is -1.05. The van der Waals surface area contributed by atoms with Crippen LogP contribution >= 0.6 is 0 Å². The van der Waals surface area contributed by atoms with Gasteiger partial charge in [-0.3, -0.25) is 4.57 Å². The lowest BCUT2D eigenvalue weighted by Gasteiger charge is -2.11. The van der Waals surface area contributed by atoms with Crippen LogP contribution in [0.1, 0.15) is 17.5 Å². The summed E-state index contributed by atoms with van der Waals surface area (Å²) in [6, 6.07) is 0. The summed E-state index contributed by atoms with van der Waals surface area (Å²) in [5.41, 5.74) is 0. The molecule has 0 amide bonds. The number of nitrogens with zero attached hydrogens (tertiary/aromatic N) is 4. The second-order valence-electron chi connectivity index (χ2n) is 2.77. The summed E-state index contributed by atoms with van der Waals surface area (Å²) < 4.78 is 1.54. The molecular formula is C7H12N4O2. The molecule has 1 aromatic heterocycles. The monoisotopic (exact) mass is 184 g/mol. The summed E-state index contributed by atoms with van der Waals surface area (Å²) in [4.78, 5) is 12.4. The zero-order chi connectivity index (χ0) is 10.0. The topological polar surface area (TPSA) is 71.2 Å². The first-order valence-corrected chi connectivity index (χ1v) is 3.91. The molecule has 1 aromatic rings. The second-order valence-corrected chi connectivity index (χ2v) is 2.77. The summed E-state index contributed by atoms with van der Waals surface area (Å²) >= 11 is 0. The first-order valence-electron chi connectivity index (χ1n) is 3.91. The molecule has 0 saturated heterocycles. The van der Waals surface area contributed by atoms with Crippen molar-refractivity contribution in [3.8, 4) is 0 Å². The SMILES string of the molecule is CCn1c(C(=O)O)nnc1N(C)C. The number of carboxylic acid groups (broad SMARTS) is 1. The lowest BCUT2D eigenvalue weighted by molar-refractivity contribution is 0.0678. The first kappa shape index (κ1) is 9.50. The molecule has 0 unspecified atom stereocenters. The van der Waals surface area contributed by atoms with E-state index in [1.165, 1.54) is 0 Å². The van der Waals surface area contributed by atoms with Crippen molar-refractivity contribution in [1.82, 2.24) is 14.8 Å². The largest absolute Gasteiger partial charge is 0.475 e. The molecule has 0 aliphatic heterocycles. The van der Waals surface area contributed by atoms with Crippen LogP contribution in [0.4, 0.5) is 5.95 Å². The Balaban J connectivity index is 3.18. The molecule has 0 atom stereocenters. The number of hydrogen-bond donors (Lipinski definition) is 1. The van der Waals surface area contributed by atoms with Crippen LogP contribution in [0.25, 0.3) is 0 Å². The third kappa shape index (κ3) is 1.61. The van der Waals surface area contributed by atoms with E-state index >= 15 is 0 Å². The molecule has 1 heterocycles. The third-order valence-corrected chi connectivity index (χ3v) is 1.64. The van der Waals surface area contributed by atoms with Gasteiger partial charge in [-0.05, 0) is 6.92 Å². The van der Waals surface area contributed by atoms with Gasteiger partial charge in [0.05, 0.1) is 0 Å². The molecular weight excluding hydrogens is 172 g/mol. The van der Waals surface area contributed by atoms with Crippen molar-refractivity contribution in [3.05, 3.63) is 5.82 Å². The number of aromatic nitrogens is 3. The molecule has 0 radical (unpaired) electrons. The molecule has 13 heavy (non-hydrogen) atoms. The van der Waals surface area contributed by atoms with E-state index in [-0.39, 0.29) is 5.82 Å². The van der Waals surface area contributed by atoms with Gasteiger partial charge in [-0.1, -0.05) is 0 Å². The Bertz CT molecular complexity index is 318. The van der Waals surface area contributed by atoms with Crippen molar-refractivity contribution in [2.75, 3.05) is 19.0 Å². The number of aromatic carboxylic acids is 1. The molecule has 0 spiro atoms. The summed E-state index contributed by atoms with van der Waals surface area (Å²) in [6.07, 6.45) is 0. The number of carbonyl (C=O) groups is 1.